The van der Waals surface area contributed by atoms with E-state index in [1.165, 1.54) is 70.6 Å². The molecule has 0 amide bonds. The number of allylic oxidation sites excluding steroid dienone is 4. The predicted octanol–water partition coefficient (Wildman–Crippen LogP) is 6.82. The van der Waals surface area contributed by atoms with E-state index in [2.05, 4.69) is 38.2 Å². The number of unbranched alkanes of at least 4 members (excludes halogenated alkanes) is 9. The average molecular weight is 250 g/mol. The third-order valence-electron chi connectivity index (χ3n) is 3.30. The molecule has 0 saturated heterocycles. The third kappa shape index (κ3) is 15.5. The van der Waals surface area contributed by atoms with E-state index in [1.807, 2.05) is 0 Å². The molecule has 0 heteroatoms. The largest absolute Gasteiger partial charge is 0.0882 e. The van der Waals surface area contributed by atoms with E-state index in [-0.39, 0.29) is 0 Å². The molecule has 18 heavy (non-hydrogen) atoms. The number of rotatable bonds is 13. The minimum absolute atomic E-state index is 1.13. The zero-order chi connectivity index (χ0) is 13.3. The fourth-order valence-electron chi connectivity index (χ4n) is 2.06. The summed E-state index contributed by atoms with van der Waals surface area (Å²) in [6.07, 6.45) is 25.5. The first kappa shape index (κ1) is 17.5. The first-order chi connectivity index (χ1) is 8.91. The number of hydrogen-bond acceptors (Lipinski definition) is 0. The fraction of sp³-hybridized carbons (Fsp3) is 0.778. The van der Waals surface area contributed by atoms with E-state index in [0.29, 0.717) is 0 Å². The van der Waals surface area contributed by atoms with Gasteiger partial charge in [0, 0.05) is 0 Å². The van der Waals surface area contributed by atoms with Crippen LogP contribution in [0, 0.1) is 0 Å². The van der Waals surface area contributed by atoms with E-state index in [1.54, 1.807) is 0 Å². The first-order valence-corrected chi connectivity index (χ1v) is 8.21. The lowest BCUT2D eigenvalue weighted by atomic mass is 10.1. The molecule has 0 heterocycles. The van der Waals surface area contributed by atoms with Gasteiger partial charge in [-0.2, -0.15) is 0 Å². The van der Waals surface area contributed by atoms with Gasteiger partial charge in [-0.15, -0.1) is 0 Å². The van der Waals surface area contributed by atoms with Gasteiger partial charge in [0.05, 0.1) is 0 Å². The maximum Gasteiger partial charge on any atom is -0.0169 e. The van der Waals surface area contributed by atoms with Gasteiger partial charge < -0.3 is 0 Å². The molecule has 0 radical (unpaired) electrons. The van der Waals surface area contributed by atoms with Gasteiger partial charge in [0.1, 0.15) is 0 Å². The maximum absolute atomic E-state index is 2.35. The molecule has 0 aromatic heterocycles. The SMILES string of the molecule is CCCCCCC=CCC=CCCCCCCC. The molecule has 0 bridgehead atoms. The molecule has 0 nitrogen and oxygen atoms in total. The Kier molecular flexibility index (Phi) is 16.0. The van der Waals surface area contributed by atoms with Crippen LogP contribution in [0.5, 0.6) is 0 Å². The van der Waals surface area contributed by atoms with Crippen molar-refractivity contribution >= 4 is 0 Å². The van der Waals surface area contributed by atoms with Crippen LogP contribution in [0.4, 0.5) is 0 Å². The summed E-state index contributed by atoms with van der Waals surface area (Å²) < 4.78 is 0. The summed E-state index contributed by atoms with van der Waals surface area (Å²) in [6, 6.07) is 0. The Morgan fingerprint density at radius 3 is 1.44 bits per heavy atom. The van der Waals surface area contributed by atoms with Crippen molar-refractivity contribution in [1.29, 1.82) is 0 Å². The van der Waals surface area contributed by atoms with Crippen molar-refractivity contribution in [2.24, 2.45) is 0 Å². The van der Waals surface area contributed by atoms with Crippen LogP contribution < -0.4 is 0 Å². The van der Waals surface area contributed by atoms with Gasteiger partial charge in [0.2, 0.25) is 0 Å². The highest BCUT2D eigenvalue weighted by Gasteiger charge is 1.86. The van der Waals surface area contributed by atoms with E-state index >= 15 is 0 Å². The molecule has 0 aliphatic carbocycles. The number of hydrogen-bond donors (Lipinski definition) is 0. The summed E-state index contributed by atoms with van der Waals surface area (Å²) in [5, 5.41) is 0. The summed E-state index contributed by atoms with van der Waals surface area (Å²) in [6.45, 7) is 4.54. The quantitative estimate of drug-likeness (QED) is 0.248. The Morgan fingerprint density at radius 1 is 0.500 bits per heavy atom. The molecular weight excluding hydrogens is 216 g/mol. The molecule has 0 aliphatic rings. The van der Waals surface area contributed by atoms with Gasteiger partial charge in [-0.25, -0.2) is 0 Å². The Hall–Kier alpha value is -0.520. The molecule has 0 atom stereocenters. The fourth-order valence-corrected chi connectivity index (χ4v) is 2.06. The van der Waals surface area contributed by atoms with Crippen LogP contribution in [0.2, 0.25) is 0 Å². The summed E-state index contributed by atoms with van der Waals surface area (Å²) in [4.78, 5) is 0. The monoisotopic (exact) mass is 250 g/mol. The van der Waals surface area contributed by atoms with Crippen molar-refractivity contribution in [3.05, 3.63) is 24.3 Å². The molecular formula is C18H34. The van der Waals surface area contributed by atoms with Crippen molar-refractivity contribution in [1.82, 2.24) is 0 Å². The molecule has 0 aliphatic heterocycles. The van der Waals surface area contributed by atoms with Crippen molar-refractivity contribution in [2.75, 3.05) is 0 Å². The maximum atomic E-state index is 2.35. The van der Waals surface area contributed by atoms with Crippen LogP contribution in [-0.4, -0.2) is 0 Å². The second-order valence-electron chi connectivity index (χ2n) is 5.23. The highest BCUT2D eigenvalue weighted by atomic mass is 13.9. The highest BCUT2D eigenvalue weighted by Crippen LogP contribution is 2.06. The van der Waals surface area contributed by atoms with Gasteiger partial charge in [0.15, 0.2) is 0 Å². The molecule has 0 rings (SSSR count). The minimum Gasteiger partial charge on any atom is -0.0882 e. The van der Waals surface area contributed by atoms with Crippen LogP contribution >= 0.6 is 0 Å². The molecule has 0 saturated carbocycles. The van der Waals surface area contributed by atoms with Gasteiger partial charge >= 0.3 is 0 Å². The van der Waals surface area contributed by atoms with Crippen LogP contribution in [-0.2, 0) is 0 Å². The van der Waals surface area contributed by atoms with Crippen LogP contribution in [0.25, 0.3) is 0 Å². The van der Waals surface area contributed by atoms with Crippen molar-refractivity contribution in [3.63, 3.8) is 0 Å². The Morgan fingerprint density at radius 2 is 0.944 bits per heavy atom. The molecule has 106 valence electrons. The molecule has 0 fully saturated rings. The van der Waals surface area contributed by atoms with Crippen LogP contribution in [0.1, 0.15) is 90.9 Å². The second-order valence-corrected chi connectivity index (χ2v) is 5.23. The normalized spacial score (nSPS) is 11.9. The summed E-state index contributed by atoms with van der Waals surface area (Å²) >= 11 is 0. The van der Waals surface area contributed by atoms with E-state index in [0.717, 1.165) is 6.42 Å². The van der Waals surface area contributed by atoms with E-state index in [9.17, 15) is 0 Å². The molecule has 0 N–H and O–H groups in total. The first-order valence-electron chi connectivity index (χ1n) is 8.21. The Labute approximate surface area is 116 Å². The summed E-state index contributed by atoms with van der Waals surface area (Å²) in [7, 11) is 0. The third-order valence-corrected chi connectivity index (χ3v) is 3.30. The summed E-state index contributed by atoms with van der Waals surface area (Å²) in [5.41, 5.74) is 0. The van der Waals surface area contributed by atoms with Gasteiger partial charge in [-0.1, -0.05) is 83.1 Å². The van der Waals surface area contributed by atoms with Crippen molar-refractivity contribution in [2.45, 2.75) is 90.9 Å². The minimum atomic E-state index is 1.13. The van der Waals surface area contributed by atoms with E-state index in [4.69, 9.17) is 0 Å². The second kappa shape index (κ2) is 16.5. The lowest BCUT2D eigenvalue weighted by Crippen LogP contribution is -1.76. The summed E-state index contributed by atoms with van der Waals surface area (Å²) in [5.74, 6) is 0. The lowest BCUT2D eigenvalue weighted by molar-refractivity contribution is 0.637. The zero-order valence-corrected chi connectivity index (χ0v) is 12.8. The van der Waals surface area contributed by atoms with E-state index < -0.39 is 0 Å². The topological polar surface area (TPSA) is 0 Å². The van der Waals surface area contributed by atoms with Crippen molar-refractivity contribution in [3.8, 4) is 0 Å². The average Bonchev–Trinajstić information content (AvgIpc) is 2.39. The zero-order valence-electron chi connectivity index (χ0n) is 12.8. The van der Waals surface area contributed by atoms with Crippen molar-refractivity contribution < 1.29 is 0 Å². The van der Waals surface area contributed by atoms with Gasteiger partial charge in [-0.3, -0.25) is 0 Å². The molecule has 0 aromatic rings. The van der Waals surface area contributed by atoms with Gasteiger partial charge in [-0.05, 0) is 32.1 Å². The molecule has 0 aromatic carbocycles. The smallest absolute Gasteiger partial charge is 0.0169 e. The lowest BCUT2D eigenvalue weighted by Gasteiger charge is -1.95. The van der Waals surface area contributed by atoms with Crippen LogP contribution in [0.3, 0.4) is 0 Å². The standard InChI is InChI=1S/C18H34/c1-3-5-7-9-11-13-15-17-18-16-14-12-10-8-6-4-2/h13,15-16,18H,3-12,14,17H2,1-2H3. The van der Waals surface area contributed by atoms with Crippen LogP contribution in [0.15, 0.2) is 24.3 Å². The van der Waals surface area contributed by atoms with Gasteiger partial charge in [0.25, 0.3) is 0 Å². The Balaban J connectivity index is 3.14. The molecule has 0 spiro atoms. The predicted molar refractivity (Wildman–Crippen MR) is 85.0 cm³/mol. The highest BCUT2D eigenvalue weighted by molar-refractivity contribution is 4.92. The molecule has 0 unspecified atom stereocenters. The Bertz CT molecular complexity index is 188.